The van der Waals surface area contributed by atoms with Crippen molar-refractivity contribution in [3.05, 3.63) is 64.8 Å². The molecule has 1 saturated carbocycles. The lowest BCUT2D eigenvalue weighted by Crippen LogP contribution is -2.36. The molecule has 1 saturated heterocycles. The lowest BCUT2D eigenvalue weighted by Gasteiger charge is -2.30. The van der Waals surface area contributed by atoms with E-state index in [4.69, 9.17) is 4.74 Å². The maximum absolute atomic E-state index is 13.0. The van der Waals surface area contributed by atoms with Gasteiger partial charge in [-0.25, -0.2) is 0 Å². The maximum atomic E-state index is 13.0. The van der Waals surface area contributed by atoms with Crippen LogP contribution >= 0.6 is 11.3 Å². The lowest BCUT2D eigenvalue weighted by atomic mass is 10.1. The van der Waals surface area contributed by atoms with Gasteiger partial charge in [0.15, 0.2) is 0 Å². The van der Waals surface area contributed by atoms with Gasteiger partial charge >= 0.3 is 0 Å². The molecule has 33 heavy (non-hydrogen) atoms. The molecular weight excluding hydrogens is 436 g/mol. The van der Waals surface area contributed by atoms with Gasteiger partial charge in [0, 0.05) is 58.9 Å². The average molecular weight is 463 g/mol. The summed E-state index contributed by atoms with van der Waals surface area (Å²) in [6.45, 7) is 5.00. The van der Waals surface area contributed by atoms with Crippen LogP contribution in [0.5, 0.6) is 0 Å². The fourth-order valence-corrected chi connectivity index (χ4v) is 4.76. The molecule has 2 N–H and O–H groups in total. The number of hydrogen-bond donors (Lipinski definition) is 2. The number of ether oxygens (including phenoxy) is 1. The first-order chi connectivity index (χ1) is 16.1. The fourth-order valence-electron chi connectivity index (χ4n) is 3.84. The number of thiophene rings is 1. The van der Waals surface area contributed by atoms with Gasteiger partial charge < -0.3 is 20.3 Å². The van der Waals surface area contributed by atoms with E-state index >= 15 is 0 Å². The van der Waals surface area contributed by atoms with Crippen molar-refractivity contribution in [3.8, 4) is 10.4 Å². The van der Waals surface area contributed by atoms with E-state index in [1.165, 1.54) is 11.3 Å². The second-order valence-electron chi connectivity index (χ2n) is 8.39. The number of nitrogens with zero attached hydrogens (tertiary/aromatic N) is 2. The number of nitrogens with one attached hydrogen (secondary N) is 2. The van der Waals surface area contributed by atoms with Gasteiger partial charge in [-0.15, -0.1) is 11.3 Å². The number of morpholine rings is 1. The highest BCUT2D eigenvalue weighted by molar-refractivity contribution is 7.17. The van der Waals surface area contributed by atoms with E-state index in [0.29, 0.717) is 29.3 Å². The highest BCUT2D eigenvalue weighted by Crippen LogP contribution is 2.35. The third-order valence-corrected chi connectivity index (χ3v) is 7.02. The van der Waals surface area contributed by atoms with Gasteiger partial charge in [-0.3, -0.25) is 14.6 Å². The molecule has 2 aliphatic rings. The molecule has 0 atom stereocenters. The highest BCUT2D eigenvalue weighted by Gasteiger charge is 2.24. The van der Waals surface area contributed by atoms with Crippen LogP contribution in [0.3, 0.4) is 0 Å². The summed E-state index contributed by atoms with van der Waals surface area (Å²) in [6, 6.07) is 11.5. The van der Waals surface area contributed by atoms with Crippen LogP contribution in [-0.2, 0) is 4.74 Å². The van der Waals surface area contributed by atoms with Crippen molar-refractivity contribution in [3.63, 3.8) is 0 Å². The normalized spacial score (nSPS) is 15.8. The topological polar surface area (TPSA) is 83.6 Å². The van der Waals surface area contributed by atoms with Gasteiger partial charge in [0.05, 0.1) is 18.1 Å². The molecule has 0 bridgehead atoms. The second-order valence-corrected chi connectivity index (χ2v) is 9.47. The summed E-state index contributed by atoms with van der Waals surface area (Å²) in [5.41, 5.74) is 4.23. The second kappa shape index (κ2) is 9.33. The summed E-state index contributed by atoms with van der Waals surface area (Å²) >= 11 is 1.44. The third kappa shape index (κ3) is 4.91. The Hall–Kier alpha value is -3.23. The molecule has 3 aromatic rings. The van der Waals surface area contributed by atoms with Crippen LogP contribution in [0.4, 0.5) is 11.4 Å². The molecule has 7 nitrogen and oxygen atoms in total. The van der Waals surface area contributed by atoms with Crippen LogP contribution in [0.25, 0.3) is 10.4 Å². The number of benzene rings is 1. The number of rotatable bonds is 6. The number of pyridine rings is 1. The molecule has 0 unspecified atom stereocenters. The summed E-state index contributed by atoms with van der Waals surface area (Å²) in [6.07, 6.45) is 5.72. The average Bonchev–Trinajstić information content (AvgIpc) is 3.52. The Balaban J connectivity index is 1.34. The Kier molecular flexibility index (Phi) is 6.11. The van der Waals surface area contributed by atoms with Crippen molar-refractivity contribution >= 4 is 34.5 Å². The van der Waals surface area contributed by atoms with Gasteiger partial charge in [-0.05, 0) is 55.7 Å². The molecule has 170 valence electrons. The van der Waals surface area contributed by atoms with Gasteiger partial charge in [-0.2, -0.15) is 0 Å². The van der Waals surface area contributed by atoms with Crippen molar-refractivity contribution < 1.29 is 14.3 Å². The van der Waals surface area contributed by atoms with Crippen LogP contribution in [0.15, 0.2) is 48.8 Å². The molecule has 2 aromatic heterocycles. The zero-order valence-corrected chi connectivity index (χ0v) is 19.3. The number of aryl methyl sites for hydroxylation is 1. The molecular formula is C25H26N4O3S. The standard InChI is InChI=1S/C25H26N4O3S/c1-16-2-3-17(24(30)27-18-4-5-18)14-20(16)28-25(31)23-7-6-22(33-23)19-15-26-9-8-21(19)29-10-12-32-13-11-29/h2-3,6-9,14-15,18H,4-5,10-13H2,1H3,(H,27,30)(H,28,31). The molecule has 0 spiro atoms. The number of carbonyl (C=O) groups excluding carboxylic acids is 2. The zero-order valence-electron chi connectivity index (χ0n) is 18.5. The Morgan fingerprint density at radius 1 is 1.09 bits per heavy atom. The van der Waals surface area contributed by atoms with E-state index in [0.717, 1.165) is 47.6 Å². The Morgan fingerprint density at radius 2 is 1.91 bits per heavy atom. The number of carbonyl (C=O) groups is 2. The largest absolute Gasteiger partial charge is 0.378 e. The van der Waals surface area contributed by atoms with E-state index in [2.05, 4.69) is 20.5 Å². The SMILES string of the molecule is Cc1ccc(C(=O)NC2CC2)cc1NC(=O)c1ccc(-c2cnccc2N2CCOCC2)s1. The molecule has 2 fully saturated rings. The Morgan fingerprint density at radius 3 is 2.70 bits per heavy atom. The predicted octanol–water partition coefficient (Wildman–Crippen LogP) is 4.10. The van der Waals surface area contributed by atoms with E-state index in [9.17, 15) is 9.59 Å². The van der Waals surface area contributed by atoms with Gasteiger partial charge in [0.1, 0.15) is 0 Å². The smallest absolute Gasteiger partial charge is 0.265 e. The minimum absolute atomic E-state index is 0.0985. The number of anilines is 2. The molecule has 5 rings (SSSR count). The molecule has 0 radical (unpaired) electrons. The van der Waals surface area contributed by atoms with Crippen molar-refractivity contribution in [2.45, 2.75) is 25.8 Å². The van der Waals surface area contributed by atoms with E-state index in [1.807, 2.05) is 37.4 Å². The summed E-state index contributed by atoms with van der Waals surface area (Å²) < 4.78 is 5.48. The van der Waals surface area contributed by atoms with Crippen molar-refractivity contribution in [1.82, 2.24) is 10.3 Å². The van der Waals surface area contributed by atoms with Gasteiger partial charge in [-0.1, -0.05) is 6.07 Å². The van der Waals surface area contributed by atoms with E-state index < -0.39 is 0 Å². The number of aromatic nitrogens is 1. The fraction of sp³-hybridized carbons (Fsp3) is 0.320. The quantitative estimate of drug-likeness (QED) is 0.576. The summed E-state index contributed by atoms with van der Waals surface area (Å²) in [7, 11) is 0. The first-order valence-corrected chi connectivity index (χ1v) is 12.0. The Labute approximate surface area is 196 Å². The lowest BCUT2D eigenvalue weighted by molar-refractivity contribution is 0.0949. The molecule has 1 aliphatic carbocycles. The van der Waals surface area contributed by atoms with Crippen LogP contribution < -0.4 is 15.5 Å². The molecule has 1 aromatic carbocycles. The molecule has 1 aliphatic heterocycles. The summed E-state index contributed by atoms with van der Waals surface area (Å²) in [4.78, 5) is 33.6. The first kappa shape index (κ1) is 21.6. The van der Waals surface area contributed by atoms with Crippen LogP contribution in [-0.4, -0.2) is 49.1 Å². The zero-order chi connectivity index (χ0) is 22.8. The predicted molar refractivity (Wildman–Crippen MR) is 130 cm³/mol. The van der Waals surface area contributed by atoms with Crippen LogP contribution in [0.1, 0.15) is 38.4 Å². The number of amides is 2. The molecule has 3 heterocycles. The third-order valence-electron chi connectivity index (χ3n) is 5.91. The van der Waals surface area contributed by atoms with Crippen molar-refractivity contribution in [2.24, 2.45) is 0 Å². The van der Waals surface area contributed by atoms with Crippen LogP contribution in [0.2, 0.25) is 0 Å². The van der Waals surface area contributed by atoms with Gasteiger partial charge in [0.2, 0.25) is 0 Å². The van der Waals surface area contributed by atoms with E-state index in [-0.39, 0.29) is 17.9 Å². The summed E-state index contributed by atoms with van der Waals surface area (Å²) in [5, 5.41) is 5.97. The minimum Gasteiger partial charge on any atom is -0.378 e. The first-order valence-electron chi connectivity index (χ1n) is 11.2. The molecule has 8 heteroatoms. The molecule has 2 amide bonds. The van der Waals surface area contributed by atoms with Crippen LogP contribution in [0, 0.1) is 6.92 Å². The van der Waals surface area contributed by atoms with Crippen molar-refractivity contribution in [1.29, 1.82) is 0 Å². The summed E-state index contributed by atoms with van der Waals surface area (Å²) in [5.74, 6) is -0.287. The highest BCUT2D eigenvalue weighted by atomic mass is 32.1. The minimum atomic E-state index is -0.189. The number of hydrogen-bond acceptors (Lipinski definition) is 6. The maximum Gasteiger partial charge on any atom is 0.265 e. The Bertz CT molecular complexity index is 1180. The van der Waals surface area contributed by atoms with E-state index in [1.54, 1.807) is 18.3 Å². The monoisotopic (exact) mass is 462 g/mol. The van der Waals surface area contributed by atoms with Gasteiger partial charge in [0.25, 0.3) is 11.8 Å². The van der Waals surface area contributed by atoms with Crippen molar-refractivity contribution in [2.75, 3.05) is 36.5 Å².